The van der Waals surface area contributed by atoms with Crippen LogP contribution in [0.3, 0.4) is 0 Å². The molecule has 0 radical (unpaired) electrons. The quantitative estimate of drug-likeness (QED) is 0.252. The van der Waals surface area contributed by atoms with Crippen molar-refractivity contribution in [2.24, 2.45) is 0 Å². The number of benzene rings is 2. The van der Waals surface area contributed by atoms with E-state index in [1.165, 1.54) is 25.7 Å². The van der Waals surface area contributed by atoms with E-state index < -0.39 is 5.97 Å². The number of aromatic carboxylic acids is 1. The summed E-state index contributed by atoms with van der Waals surface area (Å²) in [5.74, 6) is -0.311. The van der Waals surface area contributed by atoms with E-state index in [1.54, 1.807) is 36.4 Å². The molecule has 0 spiro atoms. The summed E-state index contributed by atoms with van der Waals surface area (Å²) in [4.78, 5) is 29.3. The van der Waals surface area contributed by atoms with Crippen LogP contribution in [0.5, 0.6) is 5.75 Å². The molecule has 1 atom stereocenters. The second kappa shape index (κ2) is 13.0. The fourth-order valence-corrected chi connectivity index (χ4v) is 5.23. The molecule has 3 N–H and O–H groups in total. The maximum absolute atomic E-state index is 12.7. The summed E-state index contributed by atoms with van der Waals surface area (Å²) < 4.78 is 5.84. The fraction of sp³-hybridized carbons (Fsp3) is 0.345. The van der Waals surface area contributed by atoms with Crippen molar-refractivity contribution in [3.8, 4) is 5.75 Å². The number of nitrogens with one attached hydrogen (secondary N) is 2. The van der Waals surface area contributed by atoms with Gasteiger partial charge in [-0.05, 0) is 68.1 Å². The number of carbonyl (C=O) groups excluding carboxylic acids is 1. The molecule has 38 heavy (non-hydrogen) atoms. The summed E-state index contributed by atoms with van der Waals surface area (Å²) in [5, 5.41) is 16.7. The number of halogens is 2. The van der Waals surface area contributed by atoms with Crippen LogP contribution in [0.15, 0.2) is 54.6 Å². The van der Waals surface area contributed by atoms with Gasteiger partial charge in [-0.1, -0.05) is 54.2 Å². The average Bonchev–Trinajstić information content (AvgIpc) is 3.38. The van der Waals surface area contributed by atoms with Crippen LogP contribution in [0.2, 0.25) is 10.0 Å². The van der Waals surface area contributed by atoms with Gasteiger partial charge in [-0.2, -0.15) is 0 Å². The molecule has 1 heterocycles. The van der Waals surface area contributed by atoms with Crippen molar-refractivity contribution in [2.45, 2.75) is 57.5 Å². The Kier molecular flexibility index (Phi) is 9.48. The summed E-state index contributed by atoms with van der Waals surface area (Å²) in [6.07, 6.45) is 5.81. The number of nitrogens with zero attached hydrogens (tertiary/aromatic N) is 1. The Morgan fingerprint density at radius 1 is 1.08 bits per heavy atom. The van der Waals surface area contributed by atoms with Crippen molar-refractivity contribution >= 4 is 40.9 Å². The number of rotatable bonds is 11. The van der Waals surface area contributed by atoms with Crippen LogP contribution in [0, 0.1) is 0 Å². The third kappa shape index (κ3) is 7.39. The number of hydrogen-bond donors (Lipinski definition) is 3. The molecular formula is C29H31Cl2N3O4. The smallest absolute Gasteiger partial charge is 0.339 e. The largest absolute Gasteiger partial charge is 0.492 e. The monoisotopic (exact) mass is 555 g/mol. The molecule has 200 valence electrons. The molecule has 4 rings (SSSR count). The lowest BCUT2D eigenvalue weighted by molar-refractivity contribution is 0.0691. The van der Waals surface area contributed by atoms with Crippen LogP contribution in [-0.2, 0) is 12.8 Å². The number of hydrogen-bond acceptors (Lipinski definition) is 5. The van der Waals surface area contributed by atoms with Crippen molar-refractivity contribution in [3.63, 3.8) is 0 Å². The molecule has 1 aliphatic rings. The average molecular weight is 556 g/mol. The zero-order valence-corrected chi connectivity index (χ0v) is 22.7. The van der Waals surface area contributed by atoms with Gasteiger partial charge in [0.05, 0.1) is 22.2 Å². The molecule has 3 aromatic rings. The highest BCUT2D eigenvalue weighted by atomic mass is 35.5. The number of pyridine rings is 1. The Morgan fingerprint density at radius 2 is 1.79 bits per heavy atom. The Hall–Kier alpha value is -3.29. The van der Waals surface area contributed by atoms with Gasteiger partial charge in [0.1, 0.15) is 17.1 Å². The molecule has 9 heteroatoms. The molecule has 0 aliphatic heterocycles. The number of anilines is 1. The lowest BCUT2D eigenvalue weighted by Gasteiger charge is -2.17. The van der Waals surface area contributed by atoms with Crippen LogP contribution < -0.4 is 15.4 Å². The van der Waals surface area contributed by atoms with Crippen LogP contribution in [0.4, 0.5) is 5.82 Å². The molecule has 2 aromatic carbocycles. The SMILES string of the molecule is C[C@H](Cc1ccc(OCCc2cccc(NC3CCCC3)n2)c(C(=O)O)c1)NC(=O)c1c(Cl)cccc1Cl. The zero-order chi connectivity index (χ0) is 27.1. The lowest BCUT2D eigenvalue weighted by atomic mass is 10.0. The third-order valence-corrected chi connectivity index (χ3v) is 7.14. The first-order chi connectivity index (χ1) is 18.3. The summed E-state index contributed by atoms with van der Waals surface area (Å²) in [7, 11) is 0. The highest BCUT2D eigenvalue weighted by molar-refractivity contribution is 6.39. The molecule has 1 amide bonds. The van der Waals surface area contributed by atoms with Gasteiger partial charge >= 0.3 is 5.97 Å². The van der Waals surface area contributed by atoms with Gasteiger partial charge in [0.2, 0.25) is 0 Å². The second-order valence-corrected chi connectivity index (χ2v) is 10.4. The number of ether oxygens (including phenoxy) is 1. The molecular weight excluding hydrogens is 525 g/mol. The maximum atomic E-state index is 12.7. The third-order valence-electron chi connectivity index (χ3n) is 6.51. The van der Waals surface area contributed by atoms with Crippen LogP contribution >= 0.6 is 23.2 Å². The Balaban J connectivity index is 1.34. The predicted octanol–water partition coefficient (Wildman–Crippen LogP) is 6.42. The van der Waals surface area contributed by atoms with E-state index in [1.807, 2.05) is 25.1 Å². The van der Waals surface area contributed by atoms with Gasteiger partial charge < -0.3 is 20.5 Å². The minimum Gasteiger partial charge on any atom is -0.492 e. The van der Waals surface area contributed by atoms with Crippen molar-refractivity contribution < 1.29 is 19.4 Å². The summed E-state index contributed by atoms with van der Waals surface area (Å²) in [6.45, 7) is 2.13. The van der Waals surface area contributed by atoms with E-state index in [9.17, 15) is 14.7 Å². The van der Waals surface area contributed by atoms with Crippen molar-refractivity contribution in [1.82, 2.24) is 10.3 Å². The number of carboxylic acid groups (broad SMARTS) is 1. The van der Waals surface area contributed by atoms with Gasteiger partial charge in [0.15, 0.2) is 0 Å². The van der Waals surface area contributed by atoms with Crippen molar-refractivity contribution in [3.05, 3.63) is 87.0 Å². The Morgan fingerprint density at radius 3 is 2.50 bits per heavy atom. The minimum atomic E-state index is -1.08. The van der Waals surface area contributed by atoms with E-state index in [0.29, 0.717) is 31.2 Å². The van der Waals surface area contributed by atoms with Crippen molar-refractivity contribution in [2.75, 3.05) is 11.9 Å². The highest BCUT2D eigenvalue weighted by Crippen LogP contribution is 2.25. The molecule has 0 bridgehead atoms. The van der Waals surface area contributed by atoms with Gasteiger partial charge in [-0.15, -0.1) is 0 Å². The summed E-state index contributed by atoms with van der Waals surface area (Å²) >= 11 is 12.3. The number of aromatic nitrogens is 1. The number of carbonyl (C=O) groups is 2. The Labute approximate surface area is 232 Å². The predicted molar refractivity (Wildman–Crippen MR) is 150 cm³/mol. The van der Waals surface area contributed by atoms with E-state index >= 15 is 0 Å². The zero-order valence-electron chi connectivity index (χ0n) is 21.2. The molecule has 0 unspecified atom stereocenters. The number of amides is 1. The normalized spacial score (nSPS) is 14.2. The van der Waals surface area contributed by atoms with E-state index in [2.05, 4.69) is 15.6 Å². The maximum Gasteiger partial charge on any atom is 0.339 e. The summed E-state index contributed by atoms with van der Waals surface area (Å²) in [6, 6.07) is 16.0. The second-order valence-electron chi connectivity index (χ2n) is 9.55. The van der Waals surface area contributed by atoms with E-state index in [0.717, 1.165) is 17.1 Å². The van der Waals surface area contributed by atoms with Gasteiger partial charge in [-0.25, -0.2) is 9.78 Å². The topological polar surface area (TPSA) is 101 Å². The first-order valence-corrected chi connectivity index (χ1v) is 13.5. The van der Waals surface area contributed by atoms with Gasteiger partial charge in [-0.3, -0.25) is 4.79 Å². The Bertz CT molecular complexity index is 1270. The first kappa shape index (κ1) is 27.7. The molecule has 1 aliphatic carbocycles. The standard InChI is InChI=1S/C29H31Cl2N3O4/c1-18(32-28(35)27-23(30)9-5-10-24(27)31)16-19-12-13-25(22(17-19)29(36)37)38-15-14-21-8-4-11-26(34-21)33-20-6-2-3-7-20/h4-5,8-13,17-18,20H,2-3,6-7,14-16H2,1H3,(H,32,35)(H,33,34)(H,36,37)/t18-/m1/s1. The number of carboxylic acids is 1. The molecule has 1 saturated carbocycles. The van der Waals surface area contributed by atoms with E-state index in [-0.39, 0.29) is 33.1 Å². The summed E-state index contributed by atoms with van der Waals surface area (Å²) in [5.41, 5.74) is 1.91. The van der Waals surface area contributed by atoms with Crippen molar-refractivity contribution in [1.29, 1.82) is 0 Å². The molecule has 1 aromatic heterocycles. The molecule has 1 fully saturated rings. The van der Waals surface area contributed by atoms with E-state index in [4.69, 9.17) is 27.9 Å². The van der Waals surface area contributed by atoms with Gasteiger partial charge in [0.25, 0.3) is 5.91 Å². The molecule has 7 nitrogen and oxygen atoms in total. The minimum absolute atomic E-state index is 0.0692. The van der Waals surface area contributed by atoms with Crippen LogP contribution in [-0.4, -0.2) is 40.7 Å². The highest BCUT2D eigenvalue weighted by Gasteiger charge is 2.19. The van der Waals surface area contributed by atoms with Crippen LogP contribution in [0.25, 0.3) is 0 Å². The first-order valence-electron chi connectivity index (χ1n) is 12.8. The molecule has 0 saturated heterocycles. The van der Waals surface area contributed by atoms with Crippen LogP contribution in [0.1, 0.15) is 64.6 Å². The fourth-order valence-electron chi connectivity index (χ4n) is 4.66. The van der Waals surface area contributed by atoms with Gasteiger partial charge in [0, 0.05) is 24.2 Å². The lowest BCUT2D eigenvalue weighted by Crippen LogP contribution is -2.34.